The van der Waals surface area contributed by atoms with Crippen LogP contribution in [-0.2, 0) is 6.54 Å². The molecular formula is C18H15Cl3N4O. The van der Waals surface area contributed by atoms with Crippen LogP contribution in [0.1, 0.15) is 11.3 Å². The van der Waals surface area contributed by atoms with E-state index in [1.165, 1.54) is 0 Å². The molecule has 0 bridgehead atoms. The first-order valence-corrected chi connectivity index (χ1v) is 8.86. The van der Waals surface area contributed by atoms with Crippen LogP contribution in [0.3, 0.4) is 0 Å². The molecule has 0 aliphatic carbocycles. The Morgan fingerprint density at radius 3 is 2.35 bits per heavy atom. The topological polar surface area (TPSA) is 59.0 Å². The normalized spacial score (nSPS) is 10.6. The smallest absolute Gasteiger partial charge is 0.308 e. The molecule has 0 fully saturated rings. The molecule has 0 saturated heterocycles. The van der Waals surface area contributed by atoms with Crippen molar-refractivity contribution in [3.8, 4) is 0 Å². The number of halogens is 3. The molecule has 0 aliphatic heterocycles. The molecule has 0 spiro atoms. The molecule has 5 nitrogen and oxygen atoms in total. The zero-order chi connectivity index (χ0) is 18.7. The number of anilines is 2. The molecule has 0 saturated carbocycles. The first-order valence-electron chi connectivity index (χ1n) is 7.73. The summed E-state index contributed by atoms with van der Waals surface area (Å²) in [7, 11) is 0. The highest BCUT2D eigenvalue weighted by Gasteiger charge is 2.12. The van der Waals surface area contributed by atoms with Crippen molar-refractivity contribution in [2.75, 3.05) is 10.6 Å². The predicted molar refractivity (Wildman–Crippen MR) is 107 cm³/mol. The Morgan fingerprint density at radius 2 is 1.69 bits per heavy atom. The average Bonchev–Trinajstić information content (AvgIpc) is 2.92. The van der Waals surface area contributed by atoms with Crippen molar-refractivity contribution < 1.29 is 4.79 Å². The standard InChI is InChI=1S/C18H15Cl3N4O/c1-11-9-17(23-18(26)22-13-7-5-12(19)6-8-13)24-25(11)10-14-15(20)3-2-4-16(14)21/h2-9H,10H2,1H3,(H2,22,23,24,26). The third-order valence-corrected chi connectivity index (χ3v) is 4.65. The molecular weight excluding hydrogens is 395 g/mol. The molecule has 0 unspecified atom stereocenters. The minimum atomic E-state index is -0.396. The van der Waals surface area contributed by atoms with Gasteiger partial charge in [-0.3, -0.25) is 10.00 Å². The summed E-state index contributed by atoms with van der Waals surface area (Å²) in [6, 6.07) is 13.5. The Hall–Kier alpha value is -2.21. The van der Waals surface area contributed by atoms with Gasteiger partial charge in [0.1, 0.15) is 0 Å². The summed E-state index contributed by atoms with van der Waals surface area (Å²) in [4.78, 5) is 12.1. The number of amides is 2. The van der Waals surface area contributed by atoms with E-state index in [0.29, 0.717) is 33.1 Å². The number of rotatable bonds is 4. The van der Waals surface area contributed by atoms with Crippen LogP contribution in [0.2, 0.25) is 15.1 Å². The summed E-state index contributed by atoms with van der Waals surface area (Å²) in [5.74, 6) is 0.428. The van der Waals surface area contributed by atoms with Crippen molar-refractivity contribution in [2.45, 2.75) is 13.5 Å². The number of nitrogens with one attached hydrogen (secondary N) is 2. The Bertz CT molecular complexity index is 918. The SMILES string of the molecule is Cc1cc(NC(=O)Nc2ccc(Cl)cc2)nn1Cc1c(Cl)cccc1Cl. The van der Waals surface area contributed by atoms with Gasteiger partial charge in [0.05, 0.1) is 6.54 Å². The number of aryl methyl sites for hydroxylation is 1. The van der Waals surface area contributed by atoms with Gasteiger partial charge < -0.3 is 5.32 Å². The lowest BCUT2D eigenvalue weighted by Crippen LogP contribution is -2.19. The highest BCUT2D eigenvalue weighted by molar-refractivity contribution is 6.36. The number of carbonyl (C=O) groups excluding carboxylic acids is 1. The summed E-state index contributed by atoms with van der Waals surface area (Å²) in [6.07, 6.45) is 0. The molecule has 1 heterocycles. The maximum Gasteiger partial charge on any atom is 0.324 e. The third kappa shape index (κ3) is 4.49. The molecule has 0 radical (unpaired) electrons. The first-order chi connectivity index (χ1) is 12.4. The number of aromatic nitrogens is 2. The Kier molecular flexibility index (Phi) is 5.71. The number of carbonyl (C=O) groups is 1. The summed E-state index contributed by atoms with van der Waals surface area (Å²) in [5.41, 5.74) is 2.27. The van der Waals surface area contributed by atoms with Crippen molar-refractivity contribution in [3.05, 3.63) is 74.9 Å². The summed E-state index contributed by atoms with van der Waals surface area (Å²) < 4.78 is 1.73. The fourth-order valence-electron chi connectivity index (χ4n) is 2.38. The summed E-state index contributed by atoms with van der Waals surface area (Å²) in [6.45, 7) is 2.30. The molecule has 0 atom stereocenters. The number of nitrogens with zero attached hydrogens (tertiary/aromatic N) is 2. The van der Waals surface area contributed by atoms with E-state index in [1.807, 2.05) is 6.92 Å². The second kappa shape index (κ2) is 7.99. The molecule has 1 aromatic heterocycles. The van der Waals surface area contributed by atoms with Crippen molar-refractivity contribution >= 4 is 52.3 Å². The van der Waals surface area contributed by atoms with E-state index < -0.39 is 6.03 Å². The zero-order valence-electron chi connectivity index (χ0n) is 13.8. The van der Waals surface area contributed by atoms with Crippen LogP contribution >= 0.6 is 34.8 Å². The van der Waals surface area contributed by atoms with E-state index in [2.05, 4.69) is 15.7 Å². The van der Waals surface area contributed by atoms with Gasteiger partial charge in [0.25, 0.3) is 0 Å². The molecule has 134 valence electrons. The highest BCUT2D eigenvalue weighted by atomic mass is 35.5. The lowest BCUT2D eigenvalue weighted by atomic mass is 10.2. The maximum atomic E-state index is 12.1. The fourth-order valence-corrected chi connectivity index (χ4v) is 3.02. The van der Waals surface area contributed by atoms with Crippen LogP contribution in [-0.4, -0.2) is 15.8 Å². The van der Waals surface area contributed by atoms with Crippen LogP contribution in [0, 0.1) is 6.92 Å². The van der Waals surface area contributed by atoms with Gasteiger partial charge in [0.2, 0.25) is 0 Å². The fraction of sp³-hybridized carbons (Fsp3) is 0.111. The van der Waals surface area contributed by atoms with Crippen LogP contribution < -0.4 is 10.6 Å². The first kappa shape index (κ1) is 18.6. The largest absolute Gasteiger partial charge is 0.324 e. The van der Waals surface area contributed by atoms with Gasteiger partial charge in [-0.2, -0.15) is 5.10 Å². The van der Waals surface area contributed by atoms with Gasteiger partial charge in [-0.15, -0.1) is 0 Å². The molecule has 2 N–H and O–H groups in total. The van der Waals surface area contributed by atoms with Crippen LogP contribution in [0.25, 0.3) is 0 Å². The van der Waals surface area contributed by atoms with E-state index in [0.717, 1.165) is 11.3 Å². The van der Waals surface area contributed by atoms with Crippen molar-refractivity contribution in [1.29, 1.82) is 0 Å². The molecule has 2 aromatic carbocycles. The van der Waals surface area contributed by atoms with Gasteiger partial charge in [-0.1, -0.05) is 40.9 Å². The summed E-state index contributed by atoms with van der Waals surface area (Å²) in [5, 5.41) is 11.5. The van der Waals surface area contributed by atoms with Crippen LogP contribution in [0.15, 0.2) is 48.5 Å². The Labute approximate surface area is 165 Å². The molecule has 3 rings (SSSR count). The Morgan fingerprint density at radius 1 is 1.04 bits per heavy atom. The molecule has 26 heavy (non-hydrogen) atoms. The van der Waals surface area contributed by atoms with E-state index in [4.69, 9.17) is 34.8 Å². The predicted octanol–water partition coefficient (Wildman–Crippen LogP) is 5.84. The average molecular weight is 410 g/mol. The van der Waals surface area contributed by atoms with E-state index in [9.17, 15) is 4.79 Å². The van der Waals surface area contributed by atoms with E-state index >= 15 is 0 Å². The van der Waals surface area contributed by atoms with Crippen molar-refractivity contribution in [1.82, 2.24) is 9.78 Å². The van der Waals surface area contributed by atoms with Crippen LogP contribution in [0.5, 0.6) is 0 Å². The Balaban J connectivity index is 1.69. The summed E-state index contributed by atoms with van der Waals surface area (Å²) >= 11 is 18.2. The lowest BCUT2D eigenvalue weighted by molar-refractivity contribution is 0.262. The molecule has 8 heteroatoms. The number of hydrogen-bond donors (Lipinski definition) is 2. The van der Waals surface area contributed by atoms with Gasteiger partial charge in [-0.25, -0.2) is 4.79 Å². The van der Waals surface area contributed by atoms with Gasteiger partial charge in [-0.05, 0) is 43.3 Å². The highest BCUT2D eigenvalue weighted by Crippen LogP contribution is 2.25. The lowest BCUT2D eigenvalue weighted by Gasteiger charge is -2.08. The van der Waals surface area contributed by atoms with Crippen molar-refractivity contribution in [3.63, 3.8) is 0 Å². The quantitative estimate of drug-likeness (QED) is 0.568. The van der Waals surface area contributed by atoms with E-state index in [-0.39, 0.29) is 0 Å². The molecule has 3 aromatic rings. The third-order valence-electron chi connectivity index (χ3n) is 3.69. The number of urea groups is 1. The zero-order valence-corrected chi connectivity index (χ0v) is 16.0. The number of benzene rings is 2. The van der Waals surface area contributed by atoms with Gasteiger partial charge >= 0.3 is 6.03 Å². The van der Waals surface area contributed by atoms with Gasteiger partial charge in [0, 0.05) is 38.1 Å². The van der Waals surface area contributed by atoms with E-state index in [1.54, 1.807) is 53.2 Å². The minimum Gasteiger partial charge on any atom is -0.308 e. The number of hydrogen-bond acceptors (Lipinski definition) is 2. The monoisotopic (exact) mass is 408 g/mol. The minimum absolute atomic E-state index is 0.396. The second-order valence-corrected chi connectivity index (χ2v) is 6.87. The van der Waals surface area contributed by atoms with Gasteiger partial charge in [0.15, 0.2) is 5.82 Å². The van der Waals surface area contributed by atoms with Crippen LogP contribution in [0.4, 0.5) is 16.3 Å². The molecule has 2 amide bonds. The maximum absolute atomic E-state index is 12.1. The second-order valence-electron chi connectivity index (χ2n) is 5.61. The molecule has 0 aliphatic rings. The van der Waals surface area contributed by atoms with Crippen molar-refractivity contribution in [2.24, 2.45) is 0 Å².